The Labute approximate surface area is 126 Å². The predicted octanol–water partition coefficient (Wildman–Crippen LogP) is 1.98. The van der Waals surface area contributed by atoms with Crippen molar-refractivity contribution in [2.24, 2.45) is 0 Å². The highest BCUT2D eigenvalue weighted by atomic mass is 16.3. The molecule has 0 saturated heterocycles. The molecule has 5 heteroatoms. The smallest absolute Gasteiger partial charge is 0.225 e. The molecule has 0 saturated carbocycles. The number of aliphatic hydroxyl groups is 1. The second-order valence-corrected chi connectivity index (χ2v) is 4.87. The summed E-state index contributed by atoms with van der Waals surface area (Å²) < 4.78 is 0. The van der Waals surface area contributed by atoms with Crippen LogP contribution in [-0.4, -0.2) is 42.2 Å². The molecule has 0 atom stereocenters. The summed E-state index contributed by atoms with van der Waals surface area (Å²) >= 11 is 0. The fraction of sp³-hybridized carbons (Fsp3) is 0.500. The van der Waals surface area contributed by atoms with Gasteiger partial charge in [-0.05, 0) is 25.1 Å². The van der Waals surface area contributed by atoms with E-state index in [1.165, 1.54) is 0 Å². The lowest BCUT2D eigenvalue weighted by Crippen LogP contribution is -2.31. The second kappa shape index (κ2) is 9.92. The maximum atomic E-state index is 12.0. The number of nitrogens with one attached hydrogen (secondary N) is 1. The van der Waals surface area contributed by atoms with Gasteiger partial charge in [0.2, 0.25) is 5.91 Å². The van der Waals surface area contributed by atoms with Gasteiger partial charge in [-0.2, -0.15) is 5.26 Å². The van der Waals surface area contributed by atoms with E-state index in [4.69, 9.17) is 10.4 Å². The van der Waals surface area contributed by atoms with Crippen LogP contribution in [0.15, 0.2) is 24.3 Å². The number of anilines is 1. The van der Waals surface area contributed by atoms with E-state index in [0.29, 0.717) is 30.8 Å². The molecule has 0 spiro atoms. The van der Waals surface area contributed by atoms with Gasteiger partial charge in [0.05, 0.1) is 17.9 Å². The Hall–Kier alpha value is -1.90. The number of hydrogen-bond acceptors (Lipinski definition) is 4. The van der Waals surface area contributed by atoms with Gasteiger partial charge in [0.15, 0.2) is 0 Å². The third kappa shape index (κ3) is 6.39. The minimum absolute atomic E-state index is 0.0998. The standard InChI is InChI=1S/C16H23N3O2/c1-2-3-9-19(11-12-20)10-8-16(21)18-15-7-5-4-6-14(15)13-17/h4-7,20H,2-3,8-12H2,1H3,(H,18,21). The van der Waals surface area contributed by atoms with E-state index < -0.39 is 0 Å². The number of carbonyl (C=O) groups is 1. The average molecular weight is 289 g/mol. The van der Waals surface area contributed by atoms with Crippen LogP contribution in [0.2, 0.25) is 0 Å². The van der Waals surface area contributed by atoms with Crippen LogP contribution >= 0.6 is 0 Å². The molecular weight excluding hydrogens is 266 g/mol. The van der Waals surface area contributed by atoms with Gasteiger partial charge in [0, 0.05) is 19.5 Å². The van der Waals surface area contributed by atoms with Crippen LogP contribution in [0.3, 0.4) is 0 Å². The van der Waals surface area contributed by atoms with Crippen molar-refractivity contribution >= 4 is 11.6 Å². The molecule has 114 valence electrons. The van der Waals surface area contributed by atoms with Crippen LogP contribution in [0, 0.1) is 11.3 Å². The molecule has 0 unspecified atom stereocenters. The molecule has 5 nitrogen and oxygen atoms in total. The highest BCUT2D eigenvalue weighted by molar-refractivity contribution is 5.92. The SMILES string of the molecule is CCCCN(CCO)CCC(=O)Nc1ccccc1C#N. The summed E-state index contributed by atoms with van der Waals surface area (Å²) in [6, 6.07) is 9.01. The molecule has 0 aliphatic carbocycles. The Kier molecular flexibility index (Phi) is 8.10. The molecule has 1 amide bonds. The number of para-hydroxylation sites is 1. The fourth-order valence-corrected chi connectivity index (χ4v) is 2.02. The monoisotopic (exact) mass is 289 g/mol. The predicted molar refractivity (Wildman–Crippen MR) is 82.8 cm³/mol. The largest absolute Gasteiger partial charge is 0.395 e. The molecule has 0 aliphatic heterocycles. The number of nitriles is 1. The van der Waals surface area contributed by atoms with Crippen molar-refractivity contribution in [3.63, 3.8) is 0 Å². The van der Waals surface area contributed by atoms with Crippen molar-refractivity contribution in [1.82, 2.24) is 4.90 Å². The molecule has 0 heterocycles. The van der Waals surface area contributed by atoms with Gasteiger partial charge in [0.1, 0.15) is 6.07 Å². The molecule has 2 N–H and O–H groups in total. The first-order valence-electron chi connectivity index (χ1n) is 7.33. The first kappa shape index (κ1) is 17.2. The maximum absolute atomic E-state index is 12.0. The van der Waals surface area contributed by atoms with E-state index in [1.54, 1.807) is 24.3 Å². The zero-order valence-electron chi connectivity index (χ0n) is 12.5. The highest BCUT2D eigenvalue weighted by Gasteiger charge is 2.09. The average Bonchev–Trinajstić information content (AvgIpc) is 2.50. The number of amides is 1. The van der Waals surface area contributed by atoms with Crippen molar-refractivity contribution in [2.75, 3.05) is 31.6 Å². The number of carbonyl (C=O) groups excluding carboxylic acids is 1. The van der Waals surface area contributed by atoms with E-state index in [1.807, 2.05) is 0 Å². The van der Waals surface area contributed by atoms with Crippen molar-refractivity contribution < 1.29 is 9.90 Å². The zero-order chi connectivity index (χ0) is 15.5. The minimum atomic E-state index is -0.114. The summed E-state index contributed by atoms with van der Waals surface area (Å²) in [6.45, 7) is 4.30. The minimum Gasteiger partial charge on any atom is -0.395 e. The number of aliphatic hydroxyl groups excluding tert-OH is 1. The van der Waals surface area contributed by atoms with Crippen molar-refractivity contribution in [3.05, 3.63) is 29.8 Å². The van der Waals surface area contributed by atoms with Crippen LogP contribution in [0.1, 0.15) is 31.7 Å². The van der Waals surface area contributed by atoms with E-state index in [2.05, 4.69) is 23.2 Å². The van der Waals surface area contributed by atoms with E-state index in [0.717, 1.165) is 19.4 Å². The van der Waals surface area contributed by atoms with E-state index in [-0.39, 0.29) is 12.5 Å². The van der Waals surface area contributed by atoms with Gasteiger partial charge >= 0.3 is 0 Å². The zero-order valence-corrected chi connectivity index (χ0v) is 12.5. The molecule has 0 aliphatic rings. The molecule has 1 aromatic rings. The molecule has 0 fully saturated rings. The Morgan fingerprint density at radius 3 is 2.76 bits per heavy atom. The molecular formula is C16H23N3O2. The lowest BCUT2D eigenvalue weighted by atomic mass is 10.2. The van der Waals surface area contributed by atoms with Gasteiger partial charge in [-0.3, -0.25) is 4.79 Å². The van der Waals surface area contributed by atoms with Gasteiger partial charge in [-0.15, -0.1) is 0 Å². The summed E-state index contributed by atoms with van der Waals surface area (Å²) in [7, 11) is 0. The molecule has 0 aromatic heterocycles. The third-order valence-corrected chi connectivity index (χ3v) is 3.22. The number of nitrogens with zero attached hydrogens (tertiary/aromatic N) is 2. The Bertz CT molecular complexity index is 483. The number of unbranched alkanes of at least 4 members (excludes halogenated alkanes) is 1. The van der Waals surface area contributed by atoms with Gasteiger partial charge in [0.25, 0.3) is 0 Å². The van der Waals surface area contributed by atoms with Crippen molar-refractivity contribution in [2.45, 2.75) is 26.2 Å². The van der Waals surface area contributed by atoms with Crippen LogP contribution in [0.25, 0.3) is 0 Å². The number of rotatable bonds is 9. The summed E-state index contributed by atoms with van der Waals surface area (Å²) in [5.74, 6) is -0.114. The second-order valence-electron chi connectivity index (χ2n) is 4.87. The molecule has 1 aromatic carbocycles. The normalized spacial score (nSPS) is 10.4. The fourth-order valence-electron chi connectivity index (χ4n) is 2.02. The summed E-state index contributed by atoms with van der Waals surface area (Å²) in [5.41, 5.74) is 1.01. The Balaban J connectivity index is 2.47. The van der Waals surface area contributed by atoms with Gasteiger partial charge in [-0.25, -0.2) is 0 Å². The van der Waals surface area contributed by atoms with E-state index in [9.17, 15) is 4.79 Å². The quantitative estimate of drug-likeness (QED) is 0.729. The first-order valence-corrected chi connectivity index (χ1v) is 7.33. The topological polar surface area (TPSA) is 76.4 Å². The number of benzene rings is 1. The van der Waals surface area contributed by atoms with Crippen molar-refractivity contribution in [3.8, 4) is 6.07 Å². The first-order chi connectivity index (χ1) is 10.2. The van der Waals surface area contributed by atoms with Crippen LogP contribution in [0.5, 0.6) is 0 Å². The highest BCUT2D eigenvalue weighted by Crippen LogP contribution is 2.13. The Morgan fingerprint density at radius 1 is 1.33 bits per heavy atom. The maximum Gasteiger partial charge on any atom is 0.225 e. The lowest BCUT2D eigenvalue weighted by molar-refractivity contribution is -0.116. The van der Waals surface area contributed by atoms with Crippen molar-refractivity contribution in [1.29, 1.82) is 5.26 Å². The summed E-state index contributed by atoms with van der Waals surface area (Å²) in [6.07, 6.45) is 2.49. The van der Waals surface area contributed by atoms with Gasteiger partial charge in [-0.1, -0.05) is 25.5 Å². The summed E-state index contributed by atoms with van der Waals surface area (Å²) in [4.78, 5) is 14.0. The number of hydrogen-bond donors (Lipinski definition) is 2. The lowest BCUT2D eigenvalue weighted by Gasteiger charge is -2.20. The van der Waals surface area contributed by atoms with Gasteiger partial charge < -0.3 is 15.3 Å². The summed E-state index contributed by atoms with van der Waals surface area (Å²) in [5, 5.41) is 20.8. The Morgan fingerprint density at radius 2 is 2.10 bits per heavy atom. The van der Waals surface area contributed by atoms with E-state index >= 15 is 0 Å². The van der Waals surface area contributed by atoms with Crippen LogP contribution < -0.4 is 5.32 Å². The third-order valence-electron chi connectivity index (χ3n) is 3.22. The van der Waals surface area contributed by atoms with Crippen LogP contribution in [0.4, 0.5) is 5.69 Å². The molecule has 0 bridgehead atoms. The van der Waals surface area contributed by atoms with Crippen LogP contribution in [-0.2, 0) is 4.79 Å². The molecule has 21 heavy (non-hydrogen) atoms. The molecule has 0 radical (unpaired) electrons. The molecule has 1 rings (SSSR count).